The molecule has 4 heterocycles. The third-order valence-electron chi connectivity index (χ3n) is 5.48. The summed E-state index contributed by atoms with van der Waals surface area (Å²) in [6.45, 7) is 6.27. The van der Waals surface area contributed by atoms with E-state index in [1.165, 1.54) is 5.56 Å². The molecule has 0 atom stereocenters. The summed E-state index contributed by atoms with van der Waals surface area (Å²) in [4.78, 5) is 17.3. The number of aromatic nitrogens is 2. The van der Waals surface area contributed by atoms with Crippen LogP contribution in [0.3, 0.4) is 0 Å². The Balaban J connectivity index is 1.25. The minimum absolute atomic E-state index is 0.0621. The van der Waals surface area contributed by atoms with Crippen LogP contribution in [-0.2, 0) is 6.54 Å². The van der Waals surface area contributed by atoms with Gasteiger partial charge in [0.05, 0.1) is 17.3 Å². The van der Waals surface area contributed by atoms with Crippen molar-refractivity contribution in [3.8, 4) is 11.5 Å². The highest BCUT2D eigenvalue weighted by molar-refractivity contribution is 6.01. The molecule has 1 aromatic carbocycles. The highest BCUT2D eigenvalue weighted by Gasteiger charge is 2.25. The number of benzene rings is 1. The van der Waals surface area contributed by atoms with Crippen LogP contribution in [-0.4, -0.2) is 58.3 Å². The SMILES string of the molecule is Cc1cccn2ncc(C(=O)N3CCN(Cc4ccc5c(c4)OCO5)CC3)c12. The van der Waals surface area contributed by atoms with Gasteiger partial charge in [-0.3, -0.25) is 9.69 Å². The molecule has 2 aromatic heterocycles. The second-order valence-corrected chi connectivity index (χ2v) is 7.30. The van der Waals surface area contributed by atoms with Crippen LogP contribution in [0.15, 0.2) is 42.7 Å². The molecule has 2 aliphatic rings. The summed E-state index contributed by atoms with van der Waals surface area (Å²) in [5.74, 6) is 1.68. The van der Waals surface area contributed by atoms with Gasteiger partial charge in [-0.1, -0.05) is 12.1 Å². The van der Waals surface area contributed by atoms with Crippen molar-refractivity contribution < 1.29 is 14.3 Å². The minimum Gasteiger partial charge on any atom is -0.454 e. The number of ether oxygens (including phenoxy) is 2. The molecule has 144 valence electrons. The van der Waals surface area contributed by atoms with Crippen LogP contribution in [0.5, 0.6) is 11.5 Å². The largest absolute Gasteiger partial charge is 0.454 e. The van der Waals surface area contributed by atoms with Crippen molar-refractivity contribution in [2.45, 2.75) is 13.5 Å². The first-order valence-corrected chi connectivity index (χ1v) is 9.52. The fourth-order valence-electron chi connectivity index (χ4n) is 3.95. The van der Waals surface area contributed by atoms with Gasteiger partial charge in [0.2, 0.25) is 6.79 Å². The fraction of sp³-hybridized carbons (Fsp3) is 0.333. The van der Waals surface area contributed by atoms with Crippen LogP contribution in [0.1, 0.15) is 21.5 Å². The van der Waals surface area contributed by atoms with E-state index in [4.69, 9.17) is 9.47 Å². The zero-order valence-electron chi connectivity index (χ0n) is 15.8. The van der Waals surface area contributed by atoms with E-state index in [-0.39, 0.29) is 5.91 Å². The fourth-order valence-corrected chi connectivity index (χ4v) is 3.95. The standard InChI is InChI=1S/C21H22N4O3/c1-15-3-2-6-25-20(15)17(12-22-25)21(26)24-9-7-23(8-10-24)13-16-4-5-18-19(11-16)28-14-27-18/h2-6,11-12H,7-10,13-14H2,1H3. The monoisotopic (exact) mass is 378 g/mol. The van der Waals surface area contributed by atoms with Crippen molar-refractivity contribution in [3.05, 3.63) is 59.4 Å². The van der Waals surface area contributed by atoms with E-state index in [0.717, 1.165) is 42.2 Å². The van der Waals surface area contributed by atoms with Crippen LogP contribution in [0.25, 0.3) is 5.52 Å². The van der Waals surface area contributed by atoms with Gasteiger partial charge in [-0.25, -0.2) is 4.52 Å². The summed E-state index contributed by atoms with van der Waals surface area (Å²) < 4.78 is 12.6. The number of carbonyl (C=O) groups excluding carboxylic acids is 1. The Morgan fingerprint density at radius 1 is 1.11 bits per heavy atom. The molecule has 0 unspecified atom stereocenters. The molecule has 1 saturated heterocycles. The van der Waals surface area contributed by atoms with Crippen molar-refractivity contribution in [1.29, 1.82) is 0 Å². The lowest BCUT2D eigenvalue weighted by Crippen LogP contribution is -2.48. The number of hydrogen-bond donors (Lipinski definition) is 0. The van der Waals surface area contributed by atoms with Gasteiger partial charge in [0.1, 0.15) is 0 Å². The Hall–Kier alpha value is -3.06. The number of pyridine rings is 1. The van der Waals surface area contributed by atoms with E-state index in [0.29, 0.717) is 25.4 Å². The molecule has 28 heavy (non-hydrogen) atoms. The molecule has 1 amide bonds. The first kappa shape index (κ1) is 17.1. The Kier molecular flexibility index (Phi) is 4.16. The van der Waals surface area contributed by atoms with Gasteiger partial charge in [0.15, 0.2) is 11.5 Å². The lowest BCUT2D eigenvalue weighted by molar-refractivity contribution is 0.0630. The Labute approximate surface area is 163 Å². The van der Waals surface area contributed by atoms with Crippen LogP contribution in [0, 0.1) is 6.92 Å². The van der Waals surface area contributed by atoms with Gasteiger partial charge in [-0.2, -0.15) is 5.10 Å². The van der Waals surface area contributed by atoms with Gasteiger partial charge in [0.25, 0.3) is 5.91 Å². The molecule has 7 heteroatoms. The van der Waals surface area contributed by atoms with Crippen molar-refractivity contribution in [1.82, 2.24) is 19.4 Å². The molecule has 0 N–H and O–H groups in total. The van der Waals surface area contributed by atoms with Gasteiger partial charge in [-0.15, -0.1) is 0 Å². The molecule has 3 aromatic rings. The van der Waals surface area contributed by atoms with Crippen molar-refractivity contribution in [3.63, 3.8) is 0 Å². The maximum atomic E-state index is 13.0. The zero-order chi connectivity index (χ0) is 19.1. The lowest BCUT2D eigenvalue weighted by Gasteiger charge is -2.34. The second kappa shape index (κ2) is 6.83. The van der Waals surface area contributed by atoms with E-state index in [9.17, 15) is 4.79 Å². The van der Waals surface area contributed by atoms with Gasteiger partial charge in [-0.05, 0) is 36.2 Å². The van der Waals surface area contributed by atoms with Crippen molar-refractivity contribution in [2.24, 2.45) is 0 Å². The zero-order valence-corrected chi connectivity index (χ0v) is 15.8. The van der Waals surface area contributed by atoms with Crippen molar-refractivity contribution >= 4 is 11.4 Å². The Morgan fingerprint density at radius 2 is 1.93 bits per heavy atom. The Bertz CT molecular complexity index is 1040. The van der Waals surface area contributed by atoms with Gasteiger partial charge in [0, 0.05) is 38.9 Å². The third kappa shape index (κ3) is 2.97. The minimum atomic E-state index is 0.0621. The van der Waals surface area contributed by atoms with Crippen LogP contribution >= 0.6 is 0 Å². The molecule has 2 aliphatic heterocycles. The van der Waals surface area contributed by atoms with E-state index in [1.54, 1.807) is 10.7 Å². The number of aryl methyl sites for hydroxylation is 1. The lowest BCUT2D eigenvalue weighted by atomic mass is 10.1. The smallest absolute Gasteiger partial charge is 0.257 e. The predicted octanol–water partition coefficient (Wildman–Crippen LogP) is 2.33. The van der Waals surface area contributed by atoms with Crippen LogP contribution < -0.4 is 9.47 Å². The maximum absolute atomic E-state index is 13.0. The number of fused-ring (bicyclic) bond motifs is 2. The molecule has 0 saturated carbocycles. The quantitative estimate of drug-likeness (QED) is 0.700. The molecule has 0 bridgehead atoms. The number of carbonyl (C=O) groups is 1. The molecule has 0 radical (unpaired) electrons. The maximum Gasteiger partial charge on any atom is 0.257 e. The molecule has 5 rings (SSSR count). The third-order valence-corrected chi connectivity index (χ3v) is 5.48. The molecular weight excluding hydrogens is 356 g/mol. The summed E-state index contributed by atoms with van der Waals surface area (Å²) in [6.07, 6.45) is 3.56. The summed E-state index contributed by atoms with van der Waals surface area (Å²) in [6, 6.07) is 10.0. The number of amides is 1. The van der Waals surface area contributed by atoms with Gasteiger partial charge < -0.3 is 14.4 Å². The molecule has 0 aliphatic carbocycles. The first-order chi connectivity index (χ1) is 13.7. The predicted molar refractivity (Wildman–Crippen MR) is 104 cm³/mol. The molecule has 7 nitrogen and oxygen atoms in total. The van der Waals surface area contributed by atoms with E-state index < -0.39 is 0 Å². The number of rotatable bonds is 3. The first-order valence-electron chi connectivity index (χ1n) is 9.52. The number of nitrogens with zero attached hydrogens (tertiary/aromatic N) is 4. The van der Waals surface area contributed by atoms with Crippen LogP contribution in [0.2, 0.25) is 0 Å². The summed E-state index contributed by atoms with van der Waals surface area (Å²) in [7, 11) is 0. The highest BCUT2D eigenvalue weighted by Crippen LogP contribution is 2.32. The molecule has 0 spiro atoms. The molecule has 1 fully saturated rings. The average molecular weight is 378 g/mol. The highest BCUT2D eigenvalue weighted by atomic mass is 16.7. The average Bonchev–Trinajstić information content (AvgIpc) is 3.35. The topological polar surface area (TPSA) is 59.3 Å². The number of hydrogen-bond acceptors (Lipinski definition) is 5. The normalized spacial score (nSPS) is 16.7. The molecular formula is C21H22N4O3. The summed E-state index contributed by atoms with van der Waals surface area (Å²) >= 11 is 0. The van der Waals surface area contributed by atoms with E-state index in [1.807, 2.05) is 42.3 Å². The van der Waals surface area contributed by atoms with Crippen LogP contribution in [0.4, 0.5) is 0 Å². The van der Waals surface area contributed by atoms with E-state index in [2.05, 4.69) is 16.1 Å². The van der Waals surface area contributed by atoms with E-state index >= 15 is 0 Å². The summed E-state index contributed by atoms with van der Waals surface area (Å²) in [5.41, 5.74) is 3.84. The Morgan fingerprint density at radius 3 is 2.79 bits per heavy atom. The second-order valence-electron chi connectivity index (χ2n) is 7.30. The van der Waals surface area contributed by atoms with Crippen molar-refractivity contribution in [2.75, 3.05) is 33.0 Å². The summed E-state index contributed by atoms with van der Waals surface area (Å²) in [5, 5.41) is 4.33. The van der Waals surface area contributed by atoms with Gasteiger partial charge >= 0.3 is 0 Å². The number of piperazine rings is 1.